The molecule has 7 nitrogen and oxygen atoms in total. The summed E-state index contributed by atoms with van der Waals surface area (Å²) in [6.07, 6.45) is 2.09. The van der Waals surface area contributed by atoms with Crippen LogP contribution in [0.1, 0.15) is 33.6 Å². The number of nitrogens with one attached hydrogen (secondary N) is 1. The van der Waals surface area contributed by atoms with Gasteiger partial charge >= 0.3 is 7.80 Å². The van der Waals surface area contributed by atoms with Gasteiger partial charge in [-0.3, -0.25) is 9.79 Å². The summed E-state index contributed by atoms with van der Waals surface area (Å²) in [5.41, 5.74) is 10.0. The minimum Gasteiger partial charge on any atom is -0.400 e. The maximum atomic E-state index is 14.5. The van der Waals surface area contributed by atoms with Gasteiger partial charge in [-0.1, -0.05) is 16.2 Å². The van der Waals surface area contributed by atoms with Crippen LogP contribution in [0.25, 0.3) is 11.1 Å². The summed E-state index contributed by atoms with van der Waals surface area (Å²) in [5, 5.41) is 9.13. The molecule has 11 heteroatoms. The molecule has 1 atom stereocenters. The molecule has 1 aliphatic rings. The van der Waals surface area contributed by atoms with Gasteiger partial charge in [-0.15, -0.1) is 0 Å². The van der Waals surface area contributed by atoms with E-state index in [4.69, 9.17) is 22.6 Å². The maximum absolute atomic E-state index is 14.5. The van der Waals surface area contributed by atoms with Gasteiger partial charge < -0.3 is 15.6 Å². The number of carbonyl (C=O) groups excluding carboxylic acids is 1. The molecule has 0 bridgehead atoms. The lowest BCUT2D eigenvalue weighted by Crippen LogP contribution is -2.40. The summed E-state index contributed by atoms with van der Waals surface area (Å²) < 4.78 is 40.5. The summed E-state index contributed by atoms with van der Waals surface area (Å²) in [5.74, 6) is -1.61. The normalized spacial score (nSPS) is 14.5. The van der Waals surface area contributed by atoms with Crippen molar-refractivity contribution in [3.63, 3.8) is 0 Å². The number of benzene rings is 2. The van der Waals surface area contributed by atoms with E-state index in [2.05, 4.69) is 9.98 Å². The zero-order chi connectivity index (χ0) is 27.6. The molecular formula is C27H24ClF2N5O2P+. The van der Waals surface area contributed by atoms with Crippen LogP contribution in [0.2, 0.25) is 5.02 Å². The van der Waals surface area contributed by atoms with E-state index in [1.807, 2.05) is 6.07 Å². The fourth-order valence-corrected chi connectivity index (χ4v) is 5.54. The van der Waals surface area contributed by atoms with E-state index in [1.54, 1.807) is 19.8 Å². The zero-order valence-electron chi connectivity index (χ0n) is 20.7. The lowest BCUT2D eigenvalue weighted by Gasteiger charge is -2.30. The quantitative estimate of drug-likeness (QED) is 0.304. The number of aliphatic imine (C=N–C) groups is 1. The van der Waals surface area contributed by atoms with E-state index in [0.29, 0.717) is 40.1 Å². The van der Waals surface area contributed by atoms with Crippen molar-refractivity contribution in [2.45, 2.75) is 12.6 Å². The van der Waals surface area contributed by atoms with Crippen molar-refractivity contribution in [3.05, 3.63) is 92.9 Å². The molecule has 0 fully saturated rings. The summed E-state index contributed by atoms with van der Waals surface area (Å²) >= 11 is 6.54. The topological polar surface area (TPSA) is 115 Å². The molecule has 0 saturated carbocycles. The van der Waals surface area contributed by atoms with E-state index in [0.717, 1.165) is 6.07 Å². The van der Waals surface area contributed by atoms with Crippen LogP contribution in [0.15, 0.2) is 58.9 Å². The predicted molar refractivity (Wildman–Crippen MR) is 144 cm³/mol. The van der Waals surface area contributed by atoms with Crippen LogP contribution >= 0.6 is 19.4 Å². The minimum atomic E-state index is -1.50. The second-order valence-electron chi connectivity index (χ2n) is 8.92. The predicted octanol–water partition coefficient (Wildman–Crippen LogP) is 5.62. The molecule has 0 saturated heterocycles. The van der Waals surface area contributed by atoms with Gasteiger partial charge in [0.15, 0.2) is 6.16 Å². The molecule has 1 amide bonds. The van der Waals surface area contributed by atoms with Crippen molar-refractivity contribution in [2.75, 3.05) is 26.8 Å². The number of nitrogens with two attached hydrogens (primary N) is 1. The molecule has 3 N–H and O–H groups in total. The van der Waals surface area contributed by atoms with Crippen LogP contribution < -0.4 is 5.73 Å². The fraction of sp³-hybridized carbons (Fsp3) is 0.222. The van der Waals surface area contributed by atoms with E-state index >= 15 is 0 Å². The molecule has 1 aromatic heterocycles. The number of nitrogens with zero attached hydrogens (tertiary/aromatic N) is 3. The first-order chi connectivity index (χ1) is 18.1. The Balaban J connectivity index is 1.62. The molecule has 0 aliphatic carbocycles. The number of hydrogen-bond acceptors (Lipinski definition) is 5. The van der Waals surface area contributed by atoms with E-state index in [9.17, 15) is 18.1 Å². The van der Waals surface area contributed by atoms with Crippen LogP contribution in [0.5, 0.6) is 0 Å². The smallest absolute Gasteiger partial charge is 0.340 e. The van der Waals surface area contributed by atoms with Gasteiger partial charge in [0.05, 0.1) is 22.8 Å². The van der Waals surface area contributed by atoms with Crippen molar-refractivity contribution in [1.29, 1.82) is 5.26 Å². The number of H-pyrrole nitrogens is 1. The average molecular weight is 555 g/mol. The molecule has 3 aromatic rings. The number of aromatic amines is 1. The van der Waals surface area contributed by atoms with Crippen molar-refractivity contribution in [1.82, 2.24) is 9.88 Å². The van der Waals surface area contributed by atoms with Gasteiger partial charge in [0.2, 0.25) is 0 Å². The lowest BCUT2D eigenvalue weighted by molar-refractivity contribution is 0.0763. The highest BCUT2D eigenvalue weighted by atomic mass is 35.5. The Bertz CT molecular complexity index is 1560. The summed E-state index contributed by atoms with van der Waals surface area (Å²) in [4.78, 5) is 22.0. The van der Waals surface area contributed by atoms with Crippen LogP contribution in [-0.2, 0) is 10.7 Å². The van der Waals surface area contributed by atoms with Crippen LogP contribution in [0.4, 0.5) is 8.78 Å². The number of rotatable bonds is 6. The van der Waals surface area contributed by atoms with Crippen LogP contribution in [0, 0.1) is 23.0 Å². The number of amides is 1. The minimum absolute atomic E-state index is 0.0227. The summed E-state index contributed by atoms with van der Waals surface area (Å²) in [7, 11) is 0.0771. The summed E-state index contributed by atoms with van der Waals surface area (Å²) in [6.45, 7) is 1.88. The maximum Gasteiger partial charge on any atom is 0.340 e. The largest absolute Gasteiger partial charge is 0.400 e. The van der Waals surface area contributed by atoms with Crippen LogP contribution in [0.3, 0.4) is 0 Å². The first kappa shape index (κ1) is 27.2. The molecule has 1 aliphatic heterocycles. The second-order valence-corrected chi connectivity index (χ2v) is 10.9. The zero-order valence-corrected chi connectivity index (χ0v) is 22.3. The molecule has 2 aromatic carbocycles. The Hall–Kier alpha value is -3.86. The van der Waals surface area contributed by atoms with E-state index < -0.39 is 25.3 Å². The van der Waals surface area contributed by atoms with Gasteiger partial charge in [-0.25, -0.2) is 8.78 Å². The third kappa shape index (κ3) is 5.67. The van der Waals surface area contributed by atoms with E-state index in [1.165, 1.54) is 35.4 Å². The Morgan fingerprint density at radius 3 is 2.61 bits per heavy atom. The monoisotopic (exact) mass is 554 g/mol. The molecule has 1 unspecified atom stereocenters. The third-order valence-corrected chi connectivity index (χ3v) is 7.41. The standard InChI is InChI=1S/C27H24ClF2N5O2P/c1-33-26(16-5-15(14-38(2)37)6-18(29)7-16)21-3-4-35(13-24(21)32)27(36)23-10-19(30)9-22(25(23)28)17-8-20(11-31)34-12-17/h5-10,12,34H,3-4,13-14,32H2,1-2H3/q+1. The average Bonchev–Trinajstić information content (AvgIpc) is 3.34. The number of aromatic nitrogens is 1. The SMILES string of the molecule is CN=C(C1=C(N)CN(C(=O)c2cc(F)cc(-c3c[nH]c(C#N)c3)c2Cl)CC1)c1cc(F)cc(C[P+](C)=O)c1. The summed E-state index contributed by atoms with van der Waals surface area (Å²) in [6, 6.07) is 10.2. The second kappa shape index (κ2) is 11.3. The fourth-order valence-electron chi connectivity index (χ4n) is 4.54. The van der Waals surface area contributed by atoms with E-state index in [-0.39, 0.29) is 41.1 Å². The molecule has 4 rings (SSSR count). The first-order valence-corrected chi connectivity index (χ1v) is 13.9. The van der Waals surface area contributed by atoms with Crippen molar-refractivity contribution in [3.8, 4) is 17.2 Å². The van der Waals surface area contributed by atoms with Crippen molar-refractivity contribution in [2.24, 2.45) is 10.7 Å². The molecule has 2 heterocycles. The Morgan fingerprint density at radius 2 is 1.97 bits per heavy atom. The molecule has 38 heavy (non-hydrogen) atoms. The highest BCUT2D eigenvalue weighted by Crippen LogP contribution is 2.34. The van der Waals surface area contributed by atoms with Crippen molar-refractivity contribution < 1.29 is 18.1 Å². The van der Waals surface area contributed by atoms with Crippen molar-refractivity contribution >= 4 is 31.0 Å². The molecular weight excluding hydrogens is 531 g/mol. The highest BCUT2D eigenvalue weighted by molar-refractivity contribution is 7.42. The van der Waals surface area contributed by atoms with Crippen LogP contribution in [-0.4, -0.2) is 48.3 Å². The lowest BCUT2D eigenvalue weighted by atomic mass is 9.93. The molecule has 0 radical (unpaired) electrons. The van der Waals surface area contributed by atoms with Gasteiger partial charge in [-0.2, -0.15) is 5.26 Å². The Kier molecular flexibility index (Phi) is 8.05. The van der Waals surface area contributed by atoms with Gasteiger partial charge in [0.25, 0.3) is 5.91 Å². The molecule has 0 spiro atoms. The first-order valence-electron chi connectivity index (χ1n) is 11.6. The van der Waals surface area contributed by atoms with Gasteiger partial charge in [0, 0.05) is 53.3 Å². The molecule has 194 valence electrons. The Morgan fingerprint density at radius 1 is 1.24 bits per heavy atom. The Labute approximate surface area is 224 Å². The van der Waals surface area contributed by atoms with Gasteiger partial charge in [0.1, 0.15) is 30.1 Å². The highest BCUT2D eigenvalue weighted by Gasteiger charge is 2.28. The number of hydrogen-bond donors (Lipinski definition) is 2. The number of halogens is 3. The van der Waals surface area contributed by atoms with Gasteiger partial charge in [-0.05, 0) is 42.8 Å². The third-order valence-electron chi connectivity index (χ3n) is 6.20. The number of carbonyl (C=O) groups is 1. The number of nitriles is 1.